The number of sulfonamides is 1. The van der Waals surface area contributed by atoms with E-state index in [1.54, 1.807) is 26.0 Å². The number of fused-ring (bicyclic) bond motifs is 1. The van der Waals surface area contributed by atoms with E-state index in [1.165, 1.54) is 30.3 Å². The summed E-state index contributed by atoms with van der Waals surface area (Å²) in [5, 5.41) is 2.57. The minimum Gasteiger partial charge on any atom is -0.462 e. The number of hydrogen-bond donors (Lipinski definition) is 1. The second-order valence-electron chi connectivity index (χ2n) is 6.11. The first-order chi connectivity index (χ1) is 13.3. The Labute approximate surface area is 162 Å². The first-order valence-corrected chi connectivity index (χ1v) is 9.93. The van der Waals surface area contributed by atoms with E-state index in [4.69, 9.17) is 4.74 Å². The van der Waals surface area contributed by atoms with Crippen molar-refractivity contribution >= 4 is 33.5 Å². The Morgan fingerprint density at radius 3 is 2.50 bits per heavy atom. The van der Waals surface area contributed by atoms with Gasteiger partial charge in [-0.05, 0) is 49.7 Å². The third kappa shape index (κ3) is 3.48. The molecule has 0 fully saturated rings. The summed E-state index contributed by atoms with van der Waals surface area (Å²) in [6.07, 6.45) is 0. The summed E-state index contributed by atoms with van der Waals surface area (Å²) in [4.78, 5) is 36.4. The number of anilines is 1. The Hall–Kier alpha value is -3.20. The van der Waals surface area contributed by atoms with E-state index >= 15 is 0 Å². The number of ether oxygens (including phenoxy) is 1. The molecular weight excluding hydrogens is 384 g/mol. The molecule has 9 heteroatoms. The van der Waals surface area contributed by atoms with Gasteiger partial charge in [-0.15, -0.1) is 0 Å². The average Bonchev–Trinajstić information content (AvgIpc) is 2.85. The Balaban J connectivity index is 1.75. The van der Waals surface area contributed by atoms with Crippen LogP contribution in [0.1, 0.15) is 33.2 Å². The van der Waals surface area contributed by atoms with Crippen LogP contribution in [0.2, 0.25) is 0 Å². The van der Waals surface area contributed by atoms with Crippen LogP contribution in [-0.2, 0) is 19.6 Å². The molecule has 2 aromatic carbocycles. The van der Waals surface area contributed by atoms with E-state index in [0.29, 0.717) is 21.1 Å². The number of nitrogens with one attached hydrogen (secondary N) is 1. The molecule has 0 unspecified atom stereocenters. The second-order valence-corrected chi connectivity index (χ2v) is 7.94. The van der Waals surface area contributed by atoms with Gasteiger partial charge in [0.15, 0.2) is 0 Å². The Bertz CT molecular complexity index is 1080. The maximum absolute atomic E-state index is 12.5. The zero-order valence-corrected chi connectivity index (χ0v) is 16.1. The van der Waals surface area contributed by atoms with Gasteiger partial charge in [0.1, 0.15) is 11.4 Å². The zero-order chi connectivity index (χ0) is 20.5. The monoisotopic (exact) mass is 402 g/mol. The van der Waals surface area contributed by atoms with Gasteiger partial charge in [-0.2, -0.15) is 0 Å². The summed E-state index contributed by atoms with van der Waals surface area (Å²) in [6.45, 7) is 2.99. The molecule has 0 bridgehead atoms. The van der Waals surface area contributed by atoms with Crippen LogP contribution >= 0.6 is 0 Å². The fraction of sp³-hybridized carbons (Fsp3) is 0.211. The van der Waals surface area contributed by atoms with Gasteiger partial charge in [-0.25, -0.2) is 17.5 Å². The van der Waals surface area contributed by atoms with Gasteiger partial charge in [-0.1, -0.05) is 12.1 Å². The van der Waals surface area contributed by atoms with Crippen molar-refractivity contribution in [3.05, 3.63) is 59.2 Å². The smallest absolute Gasteiger partial charge is 0.338 e. The third-order valence-corrected chi connectivity index (χ3v) is 6.00. The molecule has 1 heterocycles. The summed E-state index contributed by atoms with van der Waals surface area (Å²) in [6, 6.07) is 10.4. The molecule has 146 valence electrons. The van der Waals surface area contributed by atoms with Gasteiger partial charge < -0.3 is 10.1 Å². The molecular formula is C19H18N2O6S. The summed E-state index contributed by atoms with van der Waals surface area (Å²) in [5.41, 5.74) is 1.38. The highest BCUT2D eigenvalue weighted by Crippen LogP contribution is 2.29. The van der Waals surface area contributed by atoms with Crippen LogP contribution in [0.4, 0.5) is 5.69 Å². The quantitative estimate of drug-likeness (QED) is 0.766. The molecule has 0 spiro atoms. The molecule has 2 amide bonds. The molecule has 28 heavy (non-hydrogen) atoms. The van der Waals surface area contributed by atoms with Crippen LogP contribution in [0.15, 0.2) is 47.4 Å². The summed E-state index contributed by atoms with van der Waals surface area (Å²) in [5.74, 6) is -1.88. The lowest BCUT2D eigenvalue weighted by Gasteiger charge is -2.16. The van der Waals surface area contributed by atoms with Crippen LogP contribution in [0.3, 0.4) is 0 Å². The number of nitrogens with zero attached hydrogens (tertiary/aromatic N) is 1. The van der Waals surface area contributed by atoms with Crippen molar-refractivity contribution in [2.45, 2.75) is 18.7 Å². The standard InChI is InChI=1S/C19H18N2O6S/c1-3-27-19(24)13-8-9-15(12(2)10-13)20-17(22)11-21-18(23)14-6-4-5-7-16(14)28(21,25)26/h4-10H,3,11H2,1-2H3,(H,20,22). The largest absolute Gasteiger partial charge is 0.462 e. The number of carbonyl (C=O) groups excluding carboxylic acids is 3. The number of benzene rings is 2. The van der Waals surface area contributed by atoms with E-state index in [0.717, 1.165) is 0 Å². The SMILES string of the molecule is CCOC(=O)c1ccc(NC(=O)CN2C(=O)c3ccccc3S2(=O)=O)c(C)c1. The van der Waals surface area contributed by atoms with Crippen molar-refractivity contribution in [3.63, 3.8) is 0 Å². The van der Waals surface area contributed by atoms with Crippen molar-refractivity contribution < 1.29 is 27.5 Å². The lowest BCUT2D eigenvalue weighted by atomic mass is 10.1. The third-order valence-electron chi connectivity index (χ3n) is 4.21. The molecule has 0 radical (unpaired) electrons. The second kappa shape index (κ2) is 7.43. The number of amides is 2. The highest BCUT2D eigenvalue weighted by Gasteiger charge is 2.41. The van der Waals surface area contributed by atoms with Crippen molar-refractivity contribution in [3.8, 4) is 0 Å². The molecule has 0 atom stereocenters. The van der Waals surface area contributed by atoms with Gasteiger partial charge in [0.05, 0.1) is 17.7 Å². The number of hydrogen-bond acceptors (Lipinski definition) is 6. The molecule has 1 aliphatic heterocycles. The van der Waals surface area contributed by atoms with Crippen LogP contribution in [0.25, 0.3) is 0 Å². The fourth-order valence-corrected chi connectivity index (χ4v) is 4.38. The predicted octanol–water partition coefficient (Wildman–Crippen LogP) is 1.95. The Kier molecular flexibility index (Phi) is 5.19. The van der Waals surface area contributed by atoms with Crippen LogP contribution in [0, 0.1) is 6.92 Å². The minimum absolute atomic E-state index is 0.0465. The summed E-state index contributed by atoms with van der Waals surface area (Å²) >= 11 is 0. The molecule has 8 nitrogen and oxygen atoms in total. The van der Waals surface area contributed by atoms with Crippen molar-refractivity contribution in [1.82, 2.24) is 4.31 Å². The molecule has 0 saturated heterocycles. The first kappa shape index (κ1) is 19.6. The molecule has 3 rings (SSSR count). The van der Waals surface area contributed by atoms with Gasteiger partial charge >= 0.3 is 5.97 Å². The molecule has 0 saturated carbocycles. The van der Waals surface area contributed by atoms with Gasteiger partial charge in [0.2, 0.25) is 5.91 Å². The topological polar surface area (TPSA) is 110 Å². The van der Waals surface area contributed by atoms with Gasteiger partial charge in [0.25, 0.3) is 15.9 Å². The van der Waals surface area contributed by atoms with Crippen molar-refractivity contribution in [2.24, 2.45) is 0 Å². The zero-order valence-electron chi connectivity index (χ0n) is 15.3. The number of carbonyl (C=O) groups is 3. The number of aryl methyl sites for hydroxylation is 1. The maximum Gasteiger partial charge on any atom is 0.338 e. The van der Waals surface area contributed by atoms with E-state index in [2.05, 4.69) is 5.32 Å². The highest BCUT2D eigenvalue weighted by atomic mass is 32.2. The normalized spacial score (nSPS) is 14.5. The fourth-order valence-electron chi connectivity index (χ4n) is 2.85. The van der Waals surface area contributed by atoms with Crippen molar-refractivity contribution in [1.29, 1.82) is 0 Å². The Morgan fingerprint density at radius 1 is 1.14 bits per heavy atom. The molecule has 2 aromatic rings. The Morgan fingerprint density at radius 2 is 1.86 bits per heavy atom. The minimum atomic E-state index is -4.06. The van der Waals surface area contributed by atoms with E-state index in [1.807, 2.05) is 0 Å². The summed E-state index contributed by atoms with van der Waals surface area (Å²) < 4.78 is 30.5. The van der Waals surface area contributed by atoms with Gasteiger partial charge in [0, 0.05) is 5.69 Å². The van der Waals surface area contributed by atoms with E-state index in [9.17, 15) is 22.8 Å². The molecule has 1 N–H and O–H groups in total. The lowest BCUT2D eigenvalue weighted by Crippen LogP contribution is -2.37. The number of rotatable bonds is 5. The molecule has 1 aliphatic rings. The predicted molar refractivity (Wildman–Crippen MR) is 100 cm³/mol. The van der Waals surface area contributed by atoms with Gasteiger partial charge in [-0.3, -0.25) is 9.59 Å². The molecule has 0 aliphatic carbocycles. The van der Waals surface area contributed by atoms with Crippen LogP contribution in [-0.4, -0.2) is 43.7 Å². The van der Waals surface area contributed by atoms with Crippen molar-refractivity contribution in [2.75, 3.05) is 18.5 Å². The van der Waals surface area contributed by atoms with E-state index in [-0.39, 0.29) is 17.1 Å². The highest BCUT2D eigenvalue weighted by molar-refractivity contribution is 7.90. The molecule has 0 aromatic heterocycles. The first-order valence-electron chi connectivity index (χ1n) is 8.49. The van der Waals surface area contributed by atoms with Crippen LogP contribution in [0.5, 0.6) is 0 Å². The van der Waals surface area contributed by atoms with Crippen LogP contribution < -0.4 is 5.32 Å². The number of esters is 1. The summed E-state index contributed by atoms with van der Waals surface area (Å²) in [7, 11) is -4.06. The maximum atomic E-state index is 12.5. The lowest BCUT2D eigenvalue weighted by molar-refractivity contribution is -0.116. The average molecular weight is 402 g/mol. The van der Waals surface area contributed by atoms with E-state index < -0.39 is 34.4 Å².